The summed E-state index contributed by atoms with van der Waals surface area (Å²) in [5.74, 6) is 1.34. The molecule has 0 fully saturated rings. The summed E-state index contributed by atoms with van der Waals surface area (Å²) in [6.45, 7) is 8.99. The van der Waals surface area contributed by atoms with Crippen LogP contribution in [0.15, 0.2) is 10.8 Å². The maximum absolute atomic E-state index is 5.83. The highest BCUT2D eigenvalue weighted by Gasteiger charge is 2.20. The molecule has 0 aliphatic rings. The van der Waals surface area contributed by atoms with Crippen LogP contribution in [0.1, 0.15) is 34.1 Å². The molecule has 1 heterocycles. The Morgan fingerprint density at radius 1 is 1.38 bits per heavy atom. The van der Waals surface area contributed by atoms with Crippen LogP contribution >= 0.6 is 15.9 Å². The highest BCUT2D eigenvalue weighted by Crippen LogP contribution is 2.31. The Bertz CT molecular complexity index is 355. The first-order valence-corrected chi connectivity index (χ1v) is 6.23. The zero-order chi connectivity index (χ0) is 12.2. The van der Waals surface area contributed by atoms with Gasteiger partial charge in [0.15, 0.2) is 0 Å². The summed E-state index contributed by atoms with van der Waals surface area (Å²) in [5.41, 5.74) is -0.222. The van der Waals surface area contributed by atoms with Crippen LogP contribution in [-0.4, -0.2) is 22.1 Å². The first-order chi connectivity index (χ1) is 7.50. The number of anilines is 1. The molecule has 0 amide bonds. The van der Waals surface area contributed by atoms with Crippen LogP contribution in [0.4, 0.5) is 5.82 Å². The van der Waals surface area contributed by atoms with Crippen LogP contribution < -0.4 is 10.1 Å². The highest BCUT2D eigenvalue weighted by atomic mass is 79.9. The van der Waals surface area contributed by atoms with Crippen molar-refractivity contribution in [3.63, 3.8) is 0 Å². The van der Waals surface area contributed by atoms with Gasteiger partial charge in [0.05, 0.1) is 0 Å². The number of nitrogens with one attached hydrogen (secondary N) is 1. The van der Waals surface area contributed by atoms with E-state index in [0.29, 0.717) is 5.88 Å². The number of aromatic nitrogens is 2. The van der Waals surface area contributed by atoms with Gasteiger partial charge in [0.2, 0.25) is 5.88 Å². The number of ether oxygens (including phenoxy) is 1. The van der Waals surface area contributed by atoms with E-state index in [-0.39, 0.29) is 5.60 Å². The zero-order valence-corrected chi connectivity index (χ0v) is 11.8. The summed E-state index contributed by atoms with van der Waals surface area (Å²) in [5, 5.41) is 3.14. The molecular weight excluding hydrogens is 270 g/mol. The van der Waals surface area contributed by atoms with Gasteiger partial charge in [-0.05, 0) is 43.1 Å². The Morgan fingerprint density at radius 3 is 2.62 bits per heavy atom. The van der Waals surface area contributed by atoms with Gasteiger partial charge in [-0.1, -0.05) is 6.92 Å². The van der Waals surface area contributed by atoms with Crippen LogP contribution in [0.3, 0.4) is 0 Å². The third-order valence-electron chi connectivity index (χ3n) is 2.33. The lowest BCUT2D eigenvalue weighted by Crippen LogP contribution is -2.27. The van der Waals surface area contributed by atoms with Crippen molar-refractivity contribution >= 4 is 21.7 Å². The number of halogens is 1. The molecule has 90 valence electrons. The van der Waals surface area contributed by atoms with Crippen molar-refractivity contribution in [1.29, 1.82) is 0 Å². The second-order valence-electron chi connectivity index (χ2n) is 4.09. The molecular formula is C11H18BrN3O. The van der Waals surface area contributed by atoms with Crippen molar-refractivity contribution in [1.82, 2.24) is 9.97 Å². The van der Waals surface area contributed by atoms with E-state index in [9.17, 15) is 0 Å². The van der Waals surface area contributed by atoms with E-state index in [2.05, 4.69) is 38.1 Å². The molecule has 5 heteroatoms. The fourth-order valence-electron chi connectivity index (χ4n) is 1.05. The lowest BCUT2D eigenvalue weighted by Gasteiger charge is -2.24. The summed E-state index contributed by atoms with van der Waals surface area (Å²) in [7, 11) is 0. The van der Waals surface area contributed by atoms with E-state index in [4.69, 9.17) is 4.74 Å². The lowest BCUT2D eigenvalue weighted by atomic mass is 10.1. The molecule has 0 bridgehead atoms. The molecule has 0 aromatic carbocycles. The van der Waals surface area contributed by atoms with E-state index in [1.807, 2.05) is 20.8 Å². The van der Waals surface area contributed by atoms with Crippen molar-refractivity contribution < 1.29 is 4.74 Å². The predicted molar refractivity (Wildman–Crippen MR) is 68.9 cm³/mol. The Morgan fingerprint density at radius 2 is 2.06 bits per heavy atom. The van der Waals surface area contributed by atoms with Gasteiger partial charge in [-0.3, -0.25) is 0 Å². The van der Waals surface area contributed by atoms with Gasteiger partial charge < -0.3 is 10.1 Å². The van der Waals surface area contributed by atoms with Gasteiger partial charge in [-0.2, -0.15) is 0 Å². The normalized spacial score (nSPS) is 11.3. The number of nitrogens with zero attached hydrogens (tertiary/aromatic N) is 2. The Balaban J connectivity index is 2.93. The molecule has 1 aromatic rings. The molecule has 0 aliphatic heterocycles. The predicted octanol–water partition coefficient (Wildman–Crippen LogP) is 3.24. The van der Waals surface area contributed by atoms with E-state index in [0.717, 1.165) is 23.3 Å². The lowest BCUT2D eigenvalue weighted by molar-refractivity contribution is 0.0978. The largest absolute Gasteiger partial charge is 0.471 e. The molecule has 0 saturated carbocycles. The fraction of sp³-hybridized carbons (Fsp3) is 0.636. The minimum Gasteiger partial charge on any atom is -0.471 e. The van der Waals surface area contributed by atoms with Gasteiger partial charge in [-0.25, -0.2) is 9.97 Å². The Hall–Kier alpha value is -0.840. The minimum absolute atomic E-state index is 0.222. The third kappa shape index (κ3) is 3.33. The number of hydrogen-bond donors (Lipinski definition) is 1. The fourth-order valence-corrected chi connectivity index (χ4v) is 1.48. The first-order valence-electron chi connectivity index (χ1n) is 5.43. The Kier molecular flexibility index (Phi) is 4.53. The van der Waals surface area contributed by atoms with Gasteiger partial charge in [-0.15, -0.1) is 0 Å². The van der Waals surface area contributed by atoms with Crippen molar-refractivity contribution in [3.8, 4) is 5.88 Å². The standard InChI is InChI=1S/C11H18BrN3O/c1-5-11(3,4)16-10-8(12)9(13-6-2)14-7-15-10/h7H,5-6H2,1-4H3,(H,13,14,15). The quantitative estimate of drug-likeness (QED) is 0.903. The van der Waals surface area contributed by atoms with Crippen LogP contribution in [0.2, 0.25) is 0 Å². The molecule has 0 radical (unpaired) electrons. The van der Waals surface area contributed by atoms with Crippen molar-refractivity contribution in [2.75, 3.05) is 11.9 Å². The monoisotopic (exact) mass is 287 g/mol. The average molecular weight is 288 g/mol. The van der Waals surface area contributed by atoms with Crippen LogP contribution in [0.5, 0.6) is 5.88 Å². The topological polar surface area (TPSA) is 47.0 Å². The molecule has 0 saturated heterocycles. The smallest absolute Gasteiger partial charge is 0.233 e. The molecule has 1 aromatic heterocycles. The summed E-state index contributed by atoms with van der Waals surface area (Å²) in [4.78, 5) is 8.27. The molecule has 1 N–H and O–H groups in total. The summed E-state index contributed by atoms with van der Waals surface area (Å²) in [6.07, 6.45) is 2.42. The molecule has 1 rings (SSSR count). The summed E-state index contributed by atoms with van der Waals surface area (Å²) < 4.78 is 6.61. The molecule has 4 nitrogen and oxygen atoms in total. The van der Waals surface area contributed by atoms with E-state index >= 15 is 0 Å². The molecule has 0 atom stereocenters. The van der Waals surface area contributed by atoms with Gasteiger partial charge in [0.1, 0.15) is 22.2 Å². The Labute approximate surface area is 105 Å². The number of rotatable bonds is 5. The first kappa shape index (κ1) is 13.2. The molecule has 16 heavy (non-hydrogen) atoms. The summed E-state index contributed by atoms with van der Waals surface area (Å²) >= 11 is 3.45. The maximum atomic E-state index is 5.83. The third-order valence-corrected chi connectivity index (χ3v) is 3.04. The average Bonchev–Trinajstić information content (AvgIpc) is 2.24. The van der Waals surface area contributed by atoms with Gasteiger partial charge >= 0.3 is 0 Å². The van der Waals surface area contributed by atoms with Crippen molar-refractivity contribution in [2.45, 2.75) is 39.7 Å². The van der Waals surface area contributed by atoms with Gasteiger partial charge in [0, 0.05) is 6.54 Å². The SMILES string of the molecule is CCNc1ncnc(OC(C)(C)CC)c1Br. The minimum atomic E-state index is -0.222. The number of hydrogen-bond acceptors (Lipinski definition) is 4. The molecule has 0 unspecified atom stereocenters. The van der Waals surface area contributed by atoms with Crippen LogP contribution in [0.25, 0.3) is 0 Å². The van der Waals surface area contributed by atoms with E-state index in [1.165, 1.54) is 6.33 Å². The molecule has 0 spiro atoms. The van der Waals surface area contributed by atoms with Crippen molar-refractivity contribution in [3.05, 3.63) is 10.8 Å². The van der Waals surface area contributed by atoms with Crippen molar-refractivity contribution in [2.24, 2.45) is 0 Å². The van der Waals surface area contributed by atoms with E-state index < -0.39 is 0 Å². The molecule has 0 aliphatic carbocycles. The van der Waals surface area contributed by atoms with E-state index in [1.54, 1.807) is 0 Å². The summed E-state index contributed by atoms with van der Waals surface area (Å²) in [6, 6.07) is 0. The van der Waals surface area contributed by atoms with Crippen LogP contribution in [-0.2, 0) is 0 Å². The second kappa shape index (κ2) is 5.48. The van der Waals surface area contributed by atoms with Crippen LogP contribution in [0, 0.1) is 0 Å². The highest BCUT2D eigenvalue weighted by molar-refractivity contribution is 9.10. The second-order valence-corrected chi connectivity index (χ2v) is 4.88. The zero-order valence-electron chi connectivity index (χ0n) is 10.2. The maximum Gasteiger partial charge on any atom is 0.233 e. The van der Waals surface area contributed by atoms with Gasteiger partial charge in [0.25, 0.3) is 0 Å².